The Morgan fingerprint density at radius 3 is 2.39 bits per heavy atom. The molecule has 0 spiro atoms. The van der Waals surface area contributed by atoms with Crippen molar-refractivity contribution in [1.29, 1.82) is 0 Å². The van der Waals surface area contributed by atoms with E-state index in [2.05, 4.69) is 0 Å². The van der Waals surface area contributed by atoms with Gasteiger partial charge < -0.3 is 4.74 Å². The van der Waals surface area contributed by atoms with Gasteiger partial charge in [-0.2, -0.15) is 0 Å². The number of carbonyl (C=O) groups excluding carboxylic acids is 1. The van der Waals surface area contributed by atoms with Crippen molar-refractivity contribution in [3.05, 3.63) is 39.2 Å². The first-order chi connectivity index (χ1) is 8.13. The highest BCUT2D eigenvalue weighted by atomic mass is 19.1. The van der Waals surface area contributed by atoms with Crippen LogP contribution in [0.15, 0.2) is 12.1 Å². The van der Waals surface area contributed by atoms with E-state index >= 15 is 0 Å². The van der Waals surface area contributed by atoms with Gasteiger partial charge in [0.2, 0.25) is 0 Å². The number of ether oxygens (including phenoxy) is 1. The van der Waals surface area contributed by atoms with Crippen LogP contribution >= 0.6 is 0 Å². The number of carbonyl (C=O) groups is 1. The Morgan fingerprint density at radius 1 is 1.39 bits per heavy atom. The molecule has 0 bridgehead atoms. The van der Waals surface area contributed by atoms with Crippen molar-refractivity contribution in [3.8, 4) is 0 Å². The molecule has 0 aliphatic rings. The molecule has 18 heavy (non-hydrogen) atoms. The van der Waals surface area contributed by atoms with Crippen LogP contribution < -0.4 is 0 Å². The normalized spacial score (nSPS) is 11.2. The van der Waals surface area contributed by atoms with Gasteiger partial charge in [-0.25, -0.2) is 9.18 Å². The van der Waals surface area contributed by atoms with Crippen LogP contribution in [0.3, 0.4) is 0 Å². The summed E-state index contributed by atoms with van der Waals surface area (Å²) in [4.78, 5) is 22.0. The van der Waals surface area contributed by atoms with E-state index in [9.17, 15) is 19.3 Å². The van der Waals surface area contributed by atoms with Crippen molar-refractivity contribution in [2.24, 2.45) is 0 Å². The van der Waals surface area contributed by atoms with Crippen LogP contribution in [0.25, 0.3) is 0 Å². The summed E-state index contributed by atoms with van der Waals surface area (Å²) in [5.74, 6) is -1.58. The average Bonchev–Trinajstić information content (AvgIpc) is 2.18. The van der Waals surface area contributed by atoms with Gasteiger partial charge in [0, 0.05) is 11.6 Å². The molecule has 0 fully saturated rings. The number of esters is 1. The maximum atomic E-state index is 13.4. The van der Waals surface area contributed by atoms with Crippen LogP contribution in [0.5, 0.6) is 0 Å². The van der Waals surface area contributed by atoms with E-state index in [-0.39, 0.29) is 11.1 Å². The van der Waals surface area contributed by atoms with Crippen molar-refractivity contribution in [3.63, 3.8) is 0 Å². The van der Waals surface area contributed by atoms with Crippen molar-refractivity contribution in [1.82, 2.24) is 0 Å². The summed E-state index contributed by atoms with van der Waals surface area (Å²) in [5, 5.41) is 10.8. The number of nitrogens with zero attached hydrogens (tertiary/aromatic N) is 1. The first-order valence-corrected chi connectivity index (χ1v) is 5.30. The lowest BCUT2D eigenvalue weighted by molar-refractivity contribution is -0.385. The molecule has 0 unspecified atom stereocenters. The summed E-state index contributed by atoms with van der Waals surface area (Å²) in [6.45, 7) is 6.20. The number of rotatable bonds is 2. The molecule has 1 aromatic carbocycles. The number of nitro benzene ring substituents is 1. The maximum Gasteiger partial charge on any atom is 0.346 e. The Labute approximate surface area is 104 Å². The molecule has 1 rings (SSSR count). The zero-order valence-corrected chi connectivity index (χ0v) is 10.6. The van der Waals surface area contributed by atoms with E-state index in [1.54, 1.807) is 20.8 Å². The van der Waals surface area contributed by atoms with Gasteiger partial charge in [0.15, 0.2) is 0 Å². The van der Waals surface area contributed by atoms with Gasteiger partial charge in [-0.1, -0.05) is 0 Å². The van der Waals surface area contributed by atoms with E-state index in [0.29, 0.717) is 0 Å². The molecule has 0 atom stereocenters. The molecule has 0 radical (unpaired) electrons. The molecule has 0 saturated carbocycles. The predicted molar refractivity (Wildman–Crippen MR) is 63.0 cm³/mol. The minimum Gasteiger partial charge on any atom is -0.456 e. The van der Waals surface area contributed by atoms with E-state index in [0.717, 1.165) is 12.1 Å². The molecular weight excluding hydrogens is 241 g/mol. The topological polar surface area (TPSA) is 69.4 Å². The Balaban J connectivity index is 3.33. The molecule has 0 aliphatic carbocycles. The van der Waals surface area contributed by atoms with Crippen molar-refractivity contribution < 1.29 is 18.8 Å². The molecule has 6 heteroatoms. The Bertz CT molecular complexity index is 506. The number of hydrogen-bond acceptors (Lipinski definition) is 4. The second-order valence-corrected chi connectivity index (χ2v) is 4.83. The maximum absolute atomic E-state index is 13.4. The van der Waals surface area contributed by atoms with Gasteiger partial charge in [0.25, 0.3) is 5.69 Å². The molecule has 0 aromatic heterocycles. The lowest BCUT2D eigenvalue weighted by Crippen LogP contribution is -2.25. The van der Waals surface area contributed by atoms with E-state index in [1.807, 2.05) is 0 Å². The van der Waals surface area contributed by atoms with Gasteiger partial charge in [0.05, 0.1) is 4.92 Å². The van der Waals surface area contributed by atoms with Gasteiger partial charge in [-0.05, 0) is 33.8 Å². The monoisotopic (exact) mass is 255 g/mol. The number of halogens is 1. The second kappa shape index (κ2) is 4.72. The van der Waals surface area contributed by atoms with Crippen molar-refractivity contribution >= 4 is 11.7 Å². The first-order valence-electron chi connectivity index (χ1n) is 5.30. The molecule has 0 aliphatic heterocycles. The van der Waals surface area contributed by atoms with Crippen LogP contribution in [0.1, 0.15) is 36.7 Å². The SMILES string of the molecule is Cc1c(F)ccc([N+](=O)[O-])c1C(=O)OC(C)(C)C. The summed E-state index contributed by atoms with van der Waals surface area (Å²) in [6.07, 6.45) is 0. The minimum absolute atomic E-state index is 0.0848. The lowest BCUT2D eigenvalue weighted by Gasteiger charge is -2.20. The second-order valence-electron chi connectivity index (χ2n) is 4.83. The van der Waals surface area contributed by atoms with Crippen LogP contribution in [-0.4, -0.2) is 16.5 Å². The minimum atomic E-state index is -0.897. The average molecular weight is 255 g/mol. The van der Waals surface area contributed by atoms with Crippen LogP contribution in [0.4, 0.5) is 10.1 Å². The number of nitro groups is 1. The molecular formula is C12H14FNO4. The molecule has 0 saturated heterocycles. The van der Waals surface area contributed by atoms with Crippen LogP contribution in [0, 0.1) is 22.9 Å². The standard InChI is InChI=1S/C12H14FNO4/c1-7-8(13)5-6-9(14(16)17)10(7)11(15)18-12(2,3)4/h5-6H,1-4H3. The largest absolute Gasteiger partial charge is 0.456 e. The van der Waals surface area contributed by atoms with E-state index in [1.165, 1.54) is 6.92 Å². The number of benzene rings is 1. The predicted octanol–water partition coefficient (Wildman–Crippen LogP) is 3.00. The van der Waals surface area contributed by atoms with Crippen molar-refractivity contribution in [2.45, 2.75) is 33.3 Å². The molecule has 98 valence electrons. The Hall–Kier alpha value is -1.98. The third-order valence-electron chi connectivity index (χ3n) is 2.18. The number of hydrogen-bond donors (Lipinski definition) is 0. The quantitative estimate of drug-likeness (QED) is 0.462. The fraction of sp³-hybridized carbons (Fsp3) is 0.417. The zero-order chi connectivity index (χ0) is 14.1. The Kier molecular flexibility index (Phi) is 3.69. The third-order valence-corrected chi connectivity index (χ3v) is 2.18. The molecule has 0 N–H and O–H groups in total. The van der Waals surface area contributed by atoms with Crippen molar-refractivity contribution in [2.75, 3.05) is 0 Å². The van der Waals surface area contributed by atoms with Gasteiger partial charge in [-0.15, -0.1) is 0 Å². The van der Waals surface area contributed by atoms with Crippen LogP contribution in [0.2, 0.25) is 0 Å². The van der Waals surface area contributed by atoms with E-state index in [4.69, 9.17) is 4.74 Å². The van der Waals surface area contributed by atoms with Crippen LogP contribution in [-0.2, 0) is 4.74 Å². The molecule has 0 heterocycles. The highest BCUT2D eigenvalue weighted by Crippen LogP contribution is 2.26. The highest BCUT2D eigenvalue weighted by molar-refractivity contribution is 5.95. The summed E-state index contributed by atoms with van der Waals surface area (Å²) < 4.78 is 18.4. The fourth-order valence-electron chi connectivity index (χ4n) is 1.41. The molecule has 5 nitrogen and oxygen atoms in total. The van der Waals surface area contributed by atoms with Gasteiger partial charge >= 0.3 is 5.97 Å². The fourth-order valence-corrected chi connectivity index (χ4v) is 1.41. The first kappa shape index (κ1) is 14.1. The molecule has 0 amide bonds. The summed E-state index contributed by atoms with van der Waals surface area (Å²) >= 11 is 0. The summed E-state index contributed by atoms with van der Waals surface area (Å²) in [5.41, 5.74) is -1.68. The third kappa shape index (κ3) is 3.03. The van der Waals surface area contributed by atoms with Gasteiger partial charge in [0.1, 0.15) is 17.0 Å². The smallest absolute Gasteiger partial charge is 0.346 e. The van der Waals surface area contributed by atoms with Gasteiger partial charge in [-0.3, -0.25) is 10.1 Å². The lowest BCUT2D eigenvalue weighted by atomic mass is 10.1. The van der Waals surface area contributed by atoms with E-state index < -0.39 is 28.0 Å². The zero-order valence-electron chi connectivity index (χ0n) is 10.6. The Morgan fingerprint density at radius 2 is 1.94 bits per heavy atom. The molecule has 1 aromatic rings. The summed E-state index contributed by atoms with van der Waals surface area (Å²) in [6, 6.07) is 1.92. The highest BCUT2D eigenvalue weighted by Gasteiger charge is 2.28. The summed E-state index contributed by atoms with van der Waals surface area (Å²) in [7, 11) is 0.